The molecule has 25 heavy (non-hydrogen) atoms. The normalized spacial score (nSPS) is 14.5. The molecule has 1 amide bonds. The number of aryl methyl sites for hydroxylation is 1. The van der Waals surface area contributed by atoms with Gasteiger partial charge in [0.1, 0.15) is 23.3 Å². The van der Waals surface area contributed by atoms with Crippen LogP contribution in [0.1, 0.15) is 11.4 Å². The number of aromatic nitrogens is 2. The summed E-state index contributed by atoms with van der Waals surface area (Å²) in [6.45, 7) is 5.35. The number of nitrogens with zero attached hydrogens (tertiary/aromatic N) is 4. The van der Waals surface area contributed by atoms with Crippen LogP contribution in [0.15, 0.2) is 30.3 Å². The van der Waals surface area contributed by atoms with Crippen molar-refractivity contribution in [1.82, 2.24) is 14.9 Å². The number of carbonyl (C=O) groups is 1. The van der Waals surface area contributed by atoms with Crippen molar-refractivity contribution < 1.29 is 9.18 Å². The Hall–Kier alpha value is -2.70. The number of piperazine rings is 1. The first-order chi connectivity index (χ1) is 12.2. The van der Waals surface area contributed by atoms with Crippen LogP contribution in [-0.4, -0.2) is 54.0 Å². The van der Waals surface area contributed by atoms with E-state index in [4.69, 9.17) is 0 Å². The van der Waals surface area contributed by atoms with Gasteiger partial charge in [0.05, 0.1) is 0 Å². The molecule has 0 aliphatic carbocycles. The second kappa shape index (κ2) is 7.92. The Labute approximate surface area is 146 Å². The molecule has 1 aromatic heterocycles. The Morgan fingerprint density at radius 2 is 1.96 bits per heavy atom. The van der Waals surface area contributed by atoms with E-state index in [1.807, 2.05) is 19.1 Å². The van der Waals surface area contributed by atoms with Gasteiger partial charge in [0.25, 0.3) is 0 Å². The van der Waals surface area contributed by atoms with Gasteiger partial charge < -0.3 is 15.1 Å². The van der Waals surface area contributed by atoms with Gasteiger partial charge >= 0.3 is 0 Å². The van der Waals surface area contributed by atoms with Crippen molar-refractivity contribution in [2.24, 2.45) is 0 Å². The van der Waals surface area contributed by atoms with Gasteiger partial charge in [-0.3, -0.25) is 4.79 Å². The molecule has 0 spiro atoms. The Balaban J connectivity index is 1.62. The fraction of sp³-hybridized carbons (Fsp3) is 0.389. The number of hydrogen-bond donors (Lipinski definition) is 1. The van der Waals surface area contributed by atoms with Crippen molar-refractivity contribution in [1.29, 1.82) is 0 Å². The monoisotopic (exact) mass is 343 g/mol. The van der Waals surface area contributed by atoms with Crippen molar-refractivity contribution in [3.05, 3.63) is 47.5 Å². The summed E-state index contributed by atoms with van der Waals surface area (Å²) in [5.74, 6) is 2.09. The third-order valence-electron chi connectivity index (χ3n) is 4.27. The average Bonchev–Trinajstić information content (AvgIpc) is 2.63. The molecule has 3 rings (SSSR count). The molecular weight excluding hydrogens is 321 g/mol. The number of rotatable bonds is 6. The lowest BCUT2D eigenvalue weighted by atomic mass is 10.1. The quantitative estimate of drug-likeness (QED) is 0.811. The van der Waals surface area contributed by atoms with Crippen LogP contribution in [0.2, 0.25) is 0 Å². The molecule has 1 saturated heterocycles. The fourth-order valence-corrected chi connectivity index (χ4v) is 2.89. The highest BCUT2D eigenvalue weighted by molar-refractivity contribution is 5.52. The second-order valence-corrected chi connectivity index (χ2v) is 6.06. The molecule has 1 aliphatic rings. The van der Waals surface area contributed by atoms with Crippen LogP contribution >= 0.6 is 0 Å². The predicted octanol–water partition coefficient (Wildman–Crippen LogP) is 1.86. The molecule has 1 aromatic carbocycles. The summed E-state index contributed by atoms with van der Waals surface area (Å²) in [4.78, 5) is 23.6. The molecule has 0 saturated carbocycles. The Morgan fingerprint density at radius 1 is 1.20 bits per heavy atom. The fourth-order valence-electron chi connectivity index (χ4n) is 2.89. The van der Waals surface area contributed by atoms with Gasteiger partial charge in [-0.25, -0.2) is 14.4 Å². The summed E-state index contributed by atoms with van der Waals surface area (Å²) < 4.78 is 13.7. The van der Waals surface area contributed by atoms with Crippen molar-refractivity contribution in [3.8, 4) is 0 Å². The van der Waals surface area contributed by atoms with Gasteiger partial charge in [-0.05, 0) is 25.0 Å². The van der Waals surface area contributed by atoms with E-state index in [2.05, 4.69) is 20.2 Å². The molecule has 0 atom stereocenters. The second-order valence-electron chi connectivity index (χ2n) is 6.06. The smallest absolute Gasteiger partial charge is 0.209 e. The van der Waals surface area contributed by atoms with Crippen LogP contribution in [0, 0.1) is 12.7 Å². The van der Waals surface area contributed by atoms with Gasteiger partial charge in [0.2, 0.25) is 6.41 Å². The molecule has 2 aromatic rings. The Kier molecular flexibility index (Phi) is 5.42. The molecule has 0 bridgehead atoms. The highest BCUT2D eigenvalue weighted by Crippen LogP contribution is 2.18. The maximum Gasteiger partial charge on any atom is 0.209 e. The van der Waals surface area contributed by atoms with E-state index in [1.165, 1.54) is 6.07 Å². The summed E-state index contributed by atoms with van der Waals surface area (Å²) in [7, 11) is 0. The average molecular weight is 343 g/mol. The third kappa shape index (κ3) is 4.43. The van der Waals surface area contributed by atoms with Crippen molar-refractivity contribution in [3.63, 3.8) is 0 Å². The number of anilines is 2. The molecule has 0 radical (unpaired) electrons. The van der Waals surface area contributed by atoms with Gasteiger partial charge in [-0.15, -0.1) is 0 Å². The minimum atomic E-state index is -0.183. The maximum atomic E-state index is 13.7. The van der Waals surface area contributed by atoms with E-state index in [9.17, 15) is 9.18 Å². The van der Waals surface area contributed by atoms with Gasteiger partial charge in [-0.2, -0.15) is 0 Å². The molecule has 0 unspecified atom stereocenters. The standard InChI is InChI=1S/C18H22FN5O/c1-14-21-17(20-7-6-15-4-2-3-5-16(15)19)12-18(22-14)24-10-8-23(13-25)9-11-24/h2-5,12-13H,6-11H2,1H3,(H,20,21,22). The molecule has 1 fully saturated rings. The zero-order valence-electron chi connectivity index (χ0n) is 14.3. The molecule has 132 valence electrons. The van der Waals surface area contributed by atoms with Crippen LogP contribution in [0.5, 0.6) is 0 Å². The molecule has 1 aliphatic heterocycles. The molecular formula is C18H22FN5O. The minimum absolute atomic E-state index is 0.183. The van der Waals surface area contributed by atoms with Gasteiger partial charge in [0, 0.05) is 38.8 Å². The third-order valence-corrected chi connectivity index (χ3v) is 4.27. The largest absolute Gasteiger partial charge is 0.370 e. The van der Waals surface area contributed by atoms with Crippen molar-refractivity contribution in [2.75, 3.05) is 42.9 Å². The Morgan fingerprint density at radius 3 is 2.68 bits per heavy atom. The lowest BCUT2D eigenvalue weighted by Gasteiger charge is -2.33. The van der Waals surface area contributed by atoms with E-state index in [0.29, 0.717) is 37.4 Å². The van der Waals surface area contributed by atoms with Crippen molar-refractivity contribution in [2.45, 2.75) is 13.3 Å². The van der Waals surface area contributed by atoms with E-state index in [1.54, 1.807) is 17.0 Å². The topological polar surface area (TPSA) is 61.4 Å². The number of halogens is 1. The summed E-state index contributed by atoms with van der Waals surface area (Å²) >= 11 is 0. The first-order valence-corrected chi connectivity index (χ1v) is 8.43. The first kappa shape index (κ1) is 17.1. The highest BCUT2D eigenvalue weighted by atomic mass is 19.1. The van der Waals surface area contributed by atoms with E-state index in [0.717, 1.165) is 31.1 Å². The number of nitrogens with one attached hydrogen (secondary N) is 1. The number of benzene rings is 1. The summed E-state index contributed by atoms with van der Waals surface area (Å²) in [5, 5.41) is 3.25. The van der Waals surface area contributed by atoms with E-state index >= 15 is 0 Å². The van der Waals surface area contributed by atoms with Crippen molar-refractivity contribution >= 4 is 18.0 Å². The zero-order chi connectivity index (χ0) is 17.6. The maximum absolute atomic E-state index is 13.7. The van der Waals surface area contributed by atoms with Crippen LogP contribution in [0.4, 0.5) is 16.0 Å². The van der Waals surface area contributed by atoms with E-state index < -0.39 is 0 Å². The zero-order valence-corrected chi connectivity index (χ0v) is 14.3. The highest BCUT2D eigenvalue weighted by Gasteiger charge is 2.17. The molecule has 2 heterocycles. The molecule has 6 nitrogen and oxygen atoms in total. The number of amides is 1. The summed E-state index contributed by atoms with van der Waals surface area (Å²) in [5.41, 5.74) is 0.686. The van der Waals surface area contributed by atoms with Crippen LogP contribution in [0.25, 0.3) is 0 Å². The number of carbonyl (C=O) groups excluding carboxylic acids is 1. The van der Waals surface area contributed by atoms with E-state index in [-0.39, 0.29) is 5.82 Å². The van der Waals surface area contributed by atoms with Crippen LogP contribution < -0.4 is 10.2 Å². The SMILES string of the molecule is Cc1nc(NCCc2ccccc2F)cc(N2CCN(C=O)CC2)n1. The number of hydrogen-bond acceptors (Lipinski definition) is 5. The van der Waals surface area contributed by atoms with Gasteiger partial charge in [-0.1, -0.05) is 18.2 Å². The van der Waals surface area contributed by atoms with Gasteiger partial charge in [0.15, 0.2) is 0 Å². The lowest BCUT2D eigenvalue weighted by Crippen LogP contribution is -2.46. The molecule has 1 N–H and O–H groups in total. The summed E-state index contributed by atoms with van der Waals surface area (Å²) in [6.07, 6.45) is 1.47. The minimum Gasteiger partial charge on any atom is -0.370 e. The predicted molar refractivity (Wildman–Crippen MR) is 95.2 cm³/mol. The Bertz CT molecular complexity index is 731. The first-order valence-electron chi connectivity index (χ1n) is 8.43. The molecule has 7 heteroatoms. The lowest BCUT2D eigenvalue weighted by molar-refractivity contribution is -0.118. The van der Waals surface area contributed by atoms with Crippen LogP contribution in [-0.2, 0) is 11.2 Å². The summed E-state index contributed by atoms with van der Waals surface area (Å²) in [6, 6.07) is 8.70. The van der Waals surface area contributed by atoms with Crippen LogP contribution in [0.3, 0.4) is 0 Å².